The lowest BCUT2D eigenvalue weighted by atomic mass is 9.54. The fourth-order valence-electron chi connectivity index (χ4n) is 4.61. The maximum Gasteiger partial charge on any atom is 0.146 e. The summed E-state index contributed by atoms with van der Waals surface area (Å²) in [6, 6.07) is -0.113. The zero-order valence-electron chi connectivity index (χ0n) is 11.6. The highest BCUT2D eigenvalue weighted by Gasteiger charge is 2.52. The molecular formula is C15H22NO3-. The summed E-state index contributed by atoms with van der Waals surface area (Å²) in [4.78, 5) is 24.6. The minimum Gasteiger partial charge on any atom is -0.785 e. The molecule has 4 heteroatoms. The summed E-state index contributed by atoms with van der Waals surface area (Å²) in [5.74, 6) is 0.925. The van der Waals surface area contributed by atoms with Crippen molar-refractivity contribution in [3.63, 3.8) is 0 Å². The Morgan fingerprint density at radius 1 is 1.32 bits per heavy atom. The van der Waals surface area contributed by atoms with Gasteiger partial charge in [0.25, 0.3) is 0 Å². The zero-order valence-corrected chi connectivity index (χ0v) is 11.6. The van der Waals surface area contributed by atoms with E-state index in [4.69, 9.17) is 0 Å². The lowest BCUT2D eigenvalue weighted by Crippen LogP contribution is -2.54. The number of carbonyl (C=O) groups is 2. The Hall–Kier alpha value is -0.740. The van der Waals surface area contributed by atoms with E-state index in [-0.39, 0.29) is 29.7 Å². The lowest BCUT2D eigenvalue weighted by molar-refractivity contribution is -0.146. The van der Waals surface area contributed by atoms with Crippen molar-refractivity contribution in [3.8, 4) is 0 Å². The Kier molecular flexibility index (Phi) is 3.26. The van der Waals surface area contributed by atoms with Gasteiger partial charge < -0.3 is 10.3 Å². The molecule has 0 radical (unpaired) electrons. The van der Waals surface area contributed by atoms with Crippen molar-refractivity contribution < 1.29 is 9.59 Å². The number of hydroxylamine groups is 2. The average Bonchev–Trinajstić information content (AvgIpc) is 2.35. The molecule has 3 aliphatic rings. The van der Waals surface area contributed by atoms with E-state index in [0.717, 1.165) is 30.7 Å². The number of carbonyl (C=O) groups excluding carboxylic acids is 2. The van der Waals surface area contributed by atoms with Crippen LogP contribution in [0.4, 0.5) is 0 Å². The van der Waals surface area contributed by atoms with Gasteiger partial charge in [-0.1, -0.05) is 13.3 Å². The smallest absolute Gasteiger partial charge is 0.146 e. The highest BCUT2D eigenvalue weighted by Crippen LogP contribution is 2.53. The molecule has 1 aliphatic heterocycles. The zero-order chi connectivity index (χ0) is 13.6. The first-order chi connectivity index (χ1) is 9.01. The molecule has 0 aromatic rings. The summed E-state index contributed by atoms with van der Waals surface area (Å²) in [5.41, 5.74) is -0.353. The summed E-state index contributed by atoms with van der Waals surface area (Å²) >= 11 is 0. The SMILES string of the molecule is C[C@H]1CC(=O)C23CCCC(C2)N([O-])CC(=O)CC3C1. The highest BCUT2D eigenvalue weighted by molar-refractivity contribution is 5.88. The van der Waals surface area contributed by atoms with Gasteiger partial charge >= 0.3 is 0 Å². The standard InChI is InChI=1S/C15H22NO3/c1-10-5-11-7-13(17)9-16(19)12-3-2-4-15(11,8-12)14(18)6-10/h10-12H,2-9H2,1H3/q-1/t10-,11?,12?,15?/m1/s1. The first kappa shape index (κ1) is 13.3. The van der Waals surface area contributed by atoms with Gasteiger partial charge in [-0.05, 0) is 43.6 Å². The van der Waals surface area contributed by atoms with E-state index >= 15 is 0 Å². The third-order valence-electron chi connectivity index (χ3n) is 5.53. The summed E-state index contributed by atoms with van der Waals surface area (Å²) in [5, 5.41) is 13.0. The van der Waals surface area contributed by atoms with Gasteiger partial charge in [0.2, 0.25) is 0 Å². The van der Waals surface area contributed by atoms with E-state index in [1.165, 1.54) is 0 Å². The largest absolute Gasteiger partial charge is 0.785 e. The Morgan fingerprint density at radius 2 is 2.11 bits per heavy atom. The molecule has 1 spiro atoms. The second-order valence-corrected chi connectivity index (χ2v) is 6.89. The summed E-state index contributed by atoms with van der Waals surface area (Å²) in [6.07, 6.45) is 5.42. The number of hydrogen-bond acceptors (Lipinski definition) is 4. The highest BCUT2D eigenvalue weighted by atomic mass is 16.5. The van der Waals surface area contributed by atoms with Gasteiger partial charge in [-0.2, -0.15) is 0 Å². The predicted octanol–water partition coefficient (Wildman–Crippen LogP) is 2.30. The van der Waals surface area contributed by atoms with Crippen LogP contribution in [-0.4, -0.2) is 29.2 Å². The number of fused-ring (bicyclic) bond motifs is 1. The lowest BCUT2D eigenvalue weighted by Gasteiger charge is -2.54. The molecule has 2 bridgehead atoms. The molecule has 1 heterocycles. The van der Waals surface area contributed by atoms with Gasteiger partial charge in [-0.25, -0.2) is 0 Å². The molecule has 1 saturated heterocycles. The molecule has 0 amide bonds. The Labute approximate surface area is 114 Å². The van der Waals surface area contributed by atoms with Gasteiger partial charge in [0.05, 0.1) is 0 Å². The van der Waals surface area contributed by atoms with Crippen molar-refractivity contribution in [2.45, 2.75) is 57.9 Å². The van der Waals surface area contributed by atoms with E-state index in [9.17, 15) is 14.8 Å². The van der Waals surface area contributed by atoms with Gasteiger partial charge in [-0.15, -0.1) is 0 Å². The normalized spacial score (nSPS) is 44.4. The van der Waals surface area contributed by atoms with Crippen LogP contribution >= 0.6 is 0 Å². The van der Waals surface area contributed by atoms with Crippen LogP contribution in [-0.2, 0) is 9.59 Å². The topological polar surface area (TPSA) is 60.4 Å². The first-order valence-electron chi connectivity index (χ1n) is 7.50. The van der Waals surface area contributed by atoms with Gasteiger partial charge in [0.15, 0.2) is 0 Å². The van der Waals surface area contributed by atoms with Gasteiger partial charge in [0, 0.05) is 24.8 Å². The summed E-state index contributed by atoms with van der Waals surface area (Å²) < 4.78 is 0. The van der Waals surface area contributed by atoms with E-state index in [1.54, 1.807) is 0 Å². The summed E-state index contributed by atoms with van der Waals surface area (Å²) in [7, 11) is 0. The van der Waals surface area contributed by atoms with Crippen molar-refractivity contribution >= 4 is 11.6 Å². The number of rotatable bonds is 0. The molecule has 3 rings (SSSR count). The quantitative estimate of drug-likeness (QED) is 0.673. The molecule has 3 unspecified atom stereocenters. The monoisotopic (exact) mass is 264 g/mol. The maximum absolute atomic E-state index is 12.6. The maximum atomic E-state index is 12.6. The van der Waals surface area contributed by atoms with E-state index in [2.05, 4.69) is 6.92 Å². The molecule has 4 atom stereocenters. The van der Waals surface area contributed by atoms with Gasteiger partial charge in [0.1, 0.15) is 11.6 Å². The van der Waals surface area contributed by atoms with Crippen molar-refractivity contribution in [1.29, 1.82) is 0 Å². The van der Waals surface area contributed by atoms with Crippen molar-refractivity contribution in [3.05, 3.63) is 5.21 Å². The number of ketones is 2. The van der Waals surface area contributed by atoms with Crippen LogP contribution in [0, 0.1) is 22.5 Å². The van der Waals surface area contributed by atoms with Crippen molar-refractivity contribution in [2.24, 2.45) is 17.3 Å². The van der Waals surface area contributed by atoms with Crippen LogP contribution < -0.4 is 0 Å². The first-order valence-corrected chi connectivity index (χ1v) is 7.50. The molecule has 0 aromatic heterocycles. The van der Waals surface area contributed by atoms with Crippen LogP contribution in [0.25, 0.3) is 0 Å². The van der Waals surface area contributed by atoms with Crippen LogP contribution in [0.2, 0.25) is 0 Å². The molecule has 0 N–H and O–H groups in total. The molecule has 19 heavy (non-hydrogen) atoms. The van der Waals surface area contributed by atoms with Crippen molar-refractivity contribution in [2.75, 3.05) is 6.54 Å². The molecule has 3 fully saturated rings. The van der Waals surface area contributed by atoms with E-state index < -0.39 is 0 Å². The molecule has 2 saturated carbocycles. The fourth-order valence-corrected chi connectivity index (χ4v) is 4.61. The predicted molar refractivity (Wildman–Crippen MR) is 71.3 cm³/mol. The molecule has 2 aliphatic carbocycles. The summed E-state index contributed by atoms with van der Waals surface area (Å²) in [6.45, 7) is 2.13. The number of Topliss-reactive ketones (excluding diaryl/α,β-unsaturated/α-hetero) is 2. The average molecular weight is 264 g/mol. The molecular weight excluding hydrogens is 242 g/mol. The fraction of sp³-hybridized carbons (Fsp3) is 0.867. The minimum atomic E-state index is -0.353. The Bertz CT molecular complexity index is 408. The second kappa shape index (κ2) is 4.67. The van der Waals surface area contributed by atoms with Crippen LogP contribution in [0.1, 0.15) is 51.9 Å². The number of hydrogen-bond donors (Lipinski definition) is 0. The molecule has 0 aromatic carbocycles. The van der Waals surface area contributed by atoms with Crippen LogP contribution in [0.5, 0.6) is 0 Å². The number of nitrogens with zero attached hydrogens (tertiary/aromatic N) is 1. The third kappa shape index (κ3) is 2.15. The third-order valence-corrected chi connectivity index (χ3v) is 5.53. The molecule has 106 valence electrons. The Morgan fingerprint density at radius 3 is 2.89 bits per heavy atom. The van der Waals surface area contributed by atoms with Gasteiger partial charge in [-0.3, -0.25) is 9.59 Å². The van der Waals surface area contributed by atoms with Crippen LogP contribution in [0.15, 0.2) is 0 Å². The van der Waals surface area contributed by atoms with E-state index in [0.29, 0.717) is 31.0 Å². The van der Waals surface area contributed by atoms with Crippen molar-refractivity contribution in [1.82, 2.24) is 5.06 Å². The molecule has 4 nitrogen and oxygen atoms in total. The Balaban J connectivity index is 1.96. The van der Waals surface area contributed by atoms with E-state index in [1.807, 2.05) is 0 Å². The van der Waals surface area contributed by atoms with Crippen LogP contribution in [0.3, 0.4) is 0 Å². The minimum absolute atomic E-state index is 0.0258. The second-order valence-electron chi connectivity index (χ2n) is 6.89.